The highest BCUT2D eigenvalue weighted by molar-refractivity contribution is 7.85. The van der Waals surface area contributed by atoms with Crippen LogP contribution in [0.15, 0.2) is 86.4 Å². The van der Waals surface area contributed by atoms with Crippen LogP contribution in [0.4, 0.5) is 0 Å². The minimum absolute atomic E-state index is 0.0561. The first-order chi connectivity index (χ1) is 17.5. The van der Waals surface area contributed by atoms with Gasteiger partial charge in [-0.2, -0.15) is 8.42 Å². The Balaban J connectivity index is 1.47. The Bertz CT molecular complexity index is 1710. The zero-order chi connectivity index (χ0) is 26.4. The van der Waals surface area contributed by atoms with Crippen molar-refractivity contribution in [1.82, 2.24) is 14.8 Å². The normalized spacial score (nSPS) is 17.1. The minimum atomic E-state index is -4.31. The molecule has 4 aromatic rings. The number of hydrogen-bond acceptors (Lipinski definition) is 5. The van der Waals surface area contributed by atoms with E-state index >= 15 is 0 Å². The first-order valence-corrected chi connectivity index (χ1v) is 13.3. The fourth-order valence-corrected chi connectivity index (χ4v) is 5.29. The topological polar surface area (TPSA) is 118 Å². The highest BCUT2D eigenvalue weighted by atomic mass is 32.2. The molecule has 0 spiro atoms. The predicted molar refractivity (Wildman–Crippen MR) is 143 cm³/mol. The van der Waals surface area contributed by atoms with Crippen LogP contribution in [-0.2, 0) is 10.1 Å². The highest BCUT2D eigenvalue weighted by Gasteiger charge is 2.29. The van der Waals surface area contributed by atoms with Crippen molar-refractivity contribution in [2.45, 2.75) is 38.5 Å². The molecule has 0 unspecified atom stereocenters. The monoisotopic (exact) mass is 517 g/mol. The van der Waals surface area contributed by atoms with Gasteiger partial charge in [0.05, 0.1) is 16.1 Å². The van der Waals surface area contributed by atoms with E-state index in [0.717, 1.165) is 35.1 Å². The Morgan fingerprint density at radius 2 is 1.84 bits per heavy atom. The van der Waals surface area contributed by atoms with E-state index in [1.54, 1.807) is 0 Å². The lowest BCUT2D eigenvalue weighted by Gasteiger charge is -2.31. The Hall–Kier alpha value is -3.95. The van der Waals surface area contributed by atoms with E-state index in [4.69, 9.17) is 4.42 Å². The summed E-state index contributed by atoms with van der Waals surface area (Å²) in [6.07, 6.45) is 9.40. The molecule has 8 nitrogen and oxygen atoms in total. The molecule has 190 valence electrons. The van der Waals surface area contributed by atoms with Gasteiger partial charge >= 0.3 is 0 Å². The van der Waals surface area contributed by atoms with Gasteiger partial charge in [0.2, 0.25) is 5.89 Å². The summed E-state index contributed by atoms with van der Waals surface area (Å²) in [5.41, 5.74) is 5.08. The SMILES string of the molecule is Cc1[nH]n(-c2ccc(S(=O)(=O)O)cc2)c(=O)c1C1=CC(=CC=Cc2nc3ccccc3o2)CC(C)(C)C1. The third kappa shape index (κ3) is 5.14. The molecule has 0 amide bonds. The number of hydrogen-bond donors (Lipinski definition) is 2. The predicted octanol–water partition coefficient (Wildman–Crippen LogP) is 5.71. The van der Waals surface area contributed by atoms with Gasteiger partial charge in [-0.05, 0) is 72.7 Å². The average molecular weight is 518 g/mol. The molecule has 2 N–H and O–H groups in total. The zero-order valence-electron chi connectivity index (χ0n) is 20.7. The van der Waals surface area contributed by atoms with Crippen molar-refractivity contribution in [1.29, 1.82) is 0 Å². The first kappa shape index (κ1) is 24.7. The number of aromatic nitrogens is 3. The fourth-order valence-electron chi connectivity index (χ4n) is 4.81. The number of benzene rings is 2. The van der Waals surface area contributed by atoms with Gasteiger partial charge in [-0.25, -0.2) is 9.67 Å². The molecule has 2 heterocycles. The molecule has 2 aromatic carbocycles. The van der Waals surface area contributed by atoms with Crippen LogP contribution in [0.3, 0.4) is 0 Å². The van der Waals surface area contributed by atoms with Crippen molar-refractivity contribution < 1.29 is 17.4 Å². The van der Waals surface area contributed by atoms with Crippen LogP contribution in [0.25, 0.3) is 28.4 Å². The van der Waals surface area contributed by atoms with Gasteiger partial charge in [0.1, 0.15) is 5.52 Å². The number of fused-ring (bicyclic) bond motifs is 1. The van der Waals surface area contributed by atoms with Gasteiger partial charge in [0.15, 0.2) is 5.58 Å². The number of oxazole rings is 1. The maximum atomic E-state index is 13.4. The lowest BCUT2D eigenvalue weighted by molar-refractivity contribution is 0.369. The van der Waals surface area contributed by atoms with Gasteiger partial charge in [-0.15, -0.1) is 0 Å². The van der Waals surface area contributed by atoms with Crippen LogP contribution >= 0.6 is 0 Å². The van der Waals surface area contributed by atoms with E-state index in [1.807, 2.05) is 49.4 Å². The second kappa shape index (κ2) is 9.17. The standard InChI is InChI=1S/C28H27N3O5S/c1-18-26(27(32)31(30-18)21-11-13-22(14-12-21)37(33,34)35)20-15-19(16-28(2,3)17-20)7-6-10-25-29-23-8-4-5-9-24(23)36-25/h4-15,30H,16-17H2,1-3H3,(H,33,34,35). The van der Waals surface area contributed by atoms with Crippen LogP contribution in [0.2, 0.25) is 0 Å². The molecule has 1 aliphatic carbocycles. The van der Waals surface area contributed by atoms with Crippen LogP contribution in [0.1, 0.15) is 43.8 Å². The molecule has 0 bridgehead atoms. The number of allylic oxidation sites excluding steroid dienone is 5. The number of aromatic amines is 1. The zero-order valence-corrected chi connectivity index (χ0v) is 21.5. The smallest absolute Gasteiger partial charge is 0.294 e. The van der Waals surface area contributed by atoms with E-state index in [-0.39, 0.29) is 15.9 Å². The minimum Gasteiger partial charge on any atom is -0.437 e. The average Bonchev–Trinajstić information content (AvgIpc) is 3.37. The van der Waals surface area contributed by atoms with Crippen molar-refractivity contribution in [3.63, 3.8) is 0 Å². The van der Waals surface area contributed by atoms with Crippen molar-refractivity contribution in [3.8, 4) is 5.69 Å². The second-order valence-corrected chi connectivity index (χ2v) is 11.5. The summed E-state index contributed by atoms with van der Waals surface area (Å²) in [5.74, 6) is 0.529. The van der Waals surface area contributed by atoms with E-state index in [0.29, 0.717) is 22.8 Å². The molecule has 37 heavy (non-hydrogen) atoms. The van der Waals surface area contributed by atoms with E-state index < -0.39 is 10.1 Å². The third-order valence-electron chi connectivity index (χ3n) is 6.36. The maximum Gasteiger partial charge on any atom is 0.294 e. The lowest BCUT2D eigenvalue weighted by Crippen LogP contribution is -2.21. The summed E-state index contributed by atoms with van der Waals surface area (Å²) in [7, 11) is -4.31. The van der Waals surface area contributed by atoms with Gasteiger partial charge < -0.3 is 4.42 Å². The number of H-pyrrole nitrogens is 1. The van der Waals surface area contributed by atoms with Gasteiger partial charge in [-0.1, -0.05) is 44.2 Å². The molecule has 0 atom stereocenters. The van der Waals surface area contributed by atoms with Crippen LogP contribution in [-0.4, -0.2) is 27.7 Å². The molecular weight excluding hydrogens is 490 g/mol. The summed E-state index contributed by atoms with van der Waals surface area (Å²) >= 11 is 0. The Kier molecular flexibility index (Phi) is 6.13. The van der Waals surface area contributed by atoms with Crippen molar-refractivity contribution >= 4 is 32.9 Å². The number of nitrogens with zero attached hydrogens (tertiary/aromatic N) is 2. The Labute approximate surface area is 214 Å². The van der Waals surface area contributed by atoms with E-state index in [2.05, 4.69) is 30.0 Å². The molecule has 5 rings (SSSR count). The molecule has 1 aliphatic rings. The first-order valence-electron chi connectivity index (χ1n) is 11.8. The molecular formula is C28H27N3O5S. The van der Waals surface area contributed by atoms with Crippen LogP contribution < -0.4 is 5.56 Å². The number of aryl methyl sites for hydroxylation is 1. The van der Waals surface area contributed by atoms with Crippen molar-refractivity contribution in [3.05, 3.63) is 99.8 Å². The molecule has 0 radical (unpaired) electrons. The quantitative estimate of drug-likeness (QED) is 0.328. The molecule has 0 saturated heterocycles. The maximum absolute atomic E-state index is 13.4. The Morgan fingerprint density at radius 3 is 2.54 bits per heavy atom. The van der Waals surface area contributed by atoms with E-state index in [9.17, 15) is 17.8 Å². The lowest BCUT2D eigenvalue weighted by atomic mass is 9.73. The summed E-state index contributed by atoms with van der Waals surface area (Å²) in [5, 5.41) is 3.10. The van der Waals surface area contributed by atoms with Gasteiger partial charge in [0.25, 0.3) is 15.7 Å². The van der Waals surface area contributed by atoms with Crippen LogP contribution in [0.5, 0.6) is 0 Å². The summed E-state index contributed by atoms with van der Waals surface area (Å²) in [6, 6.07) is 13.1. The molecule has 2 aromatic heterocycles. The summed E-state index contributed by atoms with van der Waals surface area (Å²) < 4.78 is 39.1. The Morgan fingerprint density at radius 1 is 1.11 bits per heavy atom. The number of rotatable bonds is 5. The molecule has 9 heteroatoms. The molecule has 0 fully saturated rings. The summed E-state index contributed by atoms with van der Waals surface area (Å²) in [6.45, 7) is 6.19. The number of para-hydroxylation sites is 2. The second-order valence-electron chi connectivity index (χ2n) is 10.0. The third-order valence-corrected chi connectivity index (χ3v) is 7.22. The molecule has 0 saturated carbocycles. The van der Waals surface area contributed by atoms with Crippen molar-refractivity contribution in [2.24, 2.45) is 5.41 Å². The fraction of sp³-hybridized carbons (Fsp3) is 0.214. The van der Waals surface area contributed by atoms with Gasteiger partial charge in [-0.3, -0.25) is 14.4 Å². The van der Waals surface area contributed by atoms with Gasteiger partial charge in [0, 0.05) is 11.8 Å². The molecule has 0 aliphatic heterocycles. The van der Waals surface area contributed by atoms with Crippen molar-refractivity contribution in [2.75, 3.05) is 0 Å². The van der Waals surface area contributed by atoms with Crippen LogP contribution in [0, 0.1) is 12.3 Å². The highest BCUT2D eigenvalue weighted by Crippen LogP contribution is 2.41. The summed E-state index contributed by atoms with van der Waals surface area (Å²) in [4.78, 5) is 17.7. The number of nitrogens with one attached hydrogen (secondary N) is 1. The van der Waals surface area contributed by atoms with E-state index in [1.165, 1.54) is 28.9 Å². The largest absolute Gasteiger partial charge is 0.437 e.